The van der Waals surface area contributed by atoms with Gasteiger partial charge in [-0.3, -0.25) is 4.90 Å². The largest absolute Gasteiger partial charge is 0.372 e. The van der Waals surface area contributed by atoms with Crippen LogP contribution in [0.1, 0.15) is 11.1 Å². The zero-order valence-corrected chi connectivity index (χ0v) is 15.3. The molecule has 5 nitrogen and oxygen atoms in total. The Labute approximate surface area is 158 Å². The third kappa shape index (κ3) is 4.01. The van der Waals surface area contributed by atoms with Gasteiger partial charge in [0.05, 0.1) is 0 Å². The van der Waals surface area contributed by atoms with Crippen molar-refractivity contribution < 1.29 is 9.63 Å². The molecular formula is C20H22ClN3O2. The zero-order valence-electron chi connectivity index (χ0n) is 14.5. The van der Waals surface area contributed by atoms with Crippen molar-refractivity contribution in [3.05, 3.63) is 64.7 Å². The first-order chi connectivity index (χ1) is 12.7. The highest BCUT2D eigenvalue weighted by molar-refractivity contribution is 6.30. The third-order valence-corrected chi connectivity index (χ3v) is 5.18. The van der Waals surface area contributed by atoms with Crippen LogP contribution in [-0.4, -0.2) is 48.2 Å². The maximum atomic E-state index is 12.4. The van der Waals surface area contributed by atoms with Crippen molar-refractivity contribution in [1.82, 2.24) is 9.96 Å². The fraction of sp³-hybridized carbons (Fsp3) is 0.350. The molecule has 1 unspecified atom stereocenters. The minimum Gasteiger partial charge on any atom is -0.372 e. The minimum atomic E-state index is -0.292. The number of para-hydroxylation sites is 1. The Bertz CT molecular complexity index is 748. The van der Waals surface area contributed by atoms with Crippen LogP contribution in [0.3, 0.4) is 0 Å². The molecule has 26 heavy (non-hydrogen) atoms. The normalized spacial score (nSPS) is 20.4. The molecule has 2 heterocycles. The van der Waals surface area contributed by atoms with Gasteiger partial charge < -0.3 is 10.2 Å². The Hall–Kier alpha value is -2.08. The lowest BCUT2D eigenvalue weighted by atomic mass is 10.1. The Kier molecular flexibility index (Phi) is 5.11. The molecule has 2 aliphatic heterocycles. The molecular weight excluding hydrogens is 350 g/mol. The van der Waals surface area contributed by atoms with E-state index < -0.39 is 0 Å². The first-order valence-corrected chi connectivity index (χ1v) is 9.33. The number of nitrogens with zero attached hydrogens (tertiary/aromatic N) is 2. The lowest BCUT2D eigenvalue weighted by molar-refractivity contribution is -0.198. The highest BCUT2D eigenvalue weighted by atomic mass is 35.5. The molecule has 4 rings (SSSR count). The fourth-order valence-corrected chi connectivity index (χ4v) is 3.58. The van der Waals surface area contributed by atoms with Gasteiger partial charge in [0.1, 0.15) is 6.04 Å². The predicted molar refractivity (Wildman–Crippen MR) is 102 cm³/mol. The first-order valence-electron chi connectivity index (χ1n) is 8.95. The SMILES string of the molecule is O=C(ON1CCN(Cc2ccc(Cl)cc2)CC1)C1Cc2ccccc2N1. The highest BCUT2D eigenvalue weighted by Crippen LogP contribution is 2.26. The number of hydrogen-bond acceptors (Lipinski definition) is 5. The topological polar surface area (TPSA) is 44.8 Å². The van der Waals surface area contributed by atoms with E-state index in [0.717, 1.165) is 43.4 Å². The third-order valence-electron chi connectivity index (χ3n) is 4.93. The molecule has 6 heteroatoms. The number of piperazine rings is 1. The van der Waals surface area contributed by atoms with Crippen molar-refractivity contribution in [2.45, 2.75) is 19.0 Å². The van der Waals surface area contributed by atoms with E-state index in [9.17, 15) is 4.79 Å². The van der Waals surface area contributed by atoms with E-state index in [4.69, 9.17) is 16.4 Å². The standard InChI is InChI=1S/C20H22ClN3O2/c21-17-7-5-15(6-8-17)14-23-9-11-24(12-10-23)26-20(25)19-13-16-3-1-2-4-18(16)22-19/h1-8,19,22H,9-14H2. The number of benzene rings is 2. The van der Waals surface area contributed by atoms with Crippen molar-refractivity contribution in [1.29, 1.82) is 0 Å². The fourth-order valence-electron chi connectivity index (χ4n) is 3.46. The summed E-state index contributed by atoms with van der Waals surface area (Å²) in [5.74, 6) is -0.202. The van der Waals surface area contributed by atoms with Crippen LogP contribution in [0.25, 0.3) is 0 Å². The quantitative estimate of drug-likeness (QED) is 0.895. The molecule has 0 spiro atoms. The van der Waals surface area contributed by atoms with Gasteiger partial charge in [-0.15, -0.1) is 5.06 Å². The summed E-state index contributed by atoms with van der Waals surface area (Å²) in [6, 6.07) is 15.7. The molecule has 1 fully saturated rings. The van der Waals surface area contributed by atoms with E-state index in [1.165, 1.54) is 11.1 Å². The molecule has 0 radical (unpaired) electrons. The molecule has 0 aliphatic carbocycles. The van der Waals surface area contributed by atoms with Gasteiger partial charge in [-0.25, -0.2) is 4.79 Å². The van der Waals surface area contributed by atoms with Gasteiger partial charge in [0.25, 0.3) is 0 Å². The van der Waals surface area contributed by atoms with Gasteiger partial charge in [0.2, 0.25) is 0 Å². The van der Waals surface area contributed by atoms with E-state index >= 15 is 0 Å². The Morgan fingerprint density at radius 2 is 1.81 bits per heavy atom. The smallest absolute Gasteiger partial charge is 0.347 e. The summed E-state index contributed by atoms with van der Waals surface area (Å²) in [6.45, 7) is 4.07. The van der Waals surface area contributed by atoms with Crippen molar-refractivity contribution in [2.75, 3.05) is 31.5 Å². The second-order valence-corrected chi connectivity index (χ2v) is 7.24. The molecule has 1 saturated heterocycles. The number of anilines is 1. The van der Waals surface area contributed by atoms with E-state index in [1.54, 1.807) is 5.06 Å². The van der Waals surface area contributed by atoms with Gasteiger partial charge in [-0.1, -0.05) is 41.9 Å². The van der Waals surface area contributed by atoms with Gasteiger partial charge in [0.15, 0.2) is 0 Å². The lowest BCUT2D eigenvalue weighted by Crippen LogP contribution is -2.48. The minimum absolute atomic E-state index is 0.202. The summed E-state index contributed by atoms with van der Waals surface area (Å²) < 4.78 is 0. The van der Waals surface area contributed by atoms with E-state index in [0.29, 0.717) is 6.42 Å². The van der Waals surface area contributed by atoms with Gasteiger partial charge in [-0.05, 0) is 29.3 Å². The summed E-state index contributed by atoms with van der Waals surface area (Å²) in [4.78, 5) is 20.4. The molecule has 0 saturated carbocycles. The van der Waals surface area contributed by atoms with Gasteiger partial charge in [-0.2, -0.15) is 0 Å². The summed E-state index contributed by atoms with van der Waals surface area (Å²) in [7, 11) is 0. The molecule has 2 aliphatic rings. The number of rotatable bonds is 4. The van der Waals surface area contributed by atoms with Crippen molar-refractivity contribution in [2.24, 2.45) is 0 Å². The van der Waals surface area contributed by atoms with Crippen LogP contribution < -0.4 is 5.32 Å². The molecule has 0 bridgehead atoms. The number of nitrogens with one attached hydrogen (secondary N) is 1. The van der Waals surface area contributed by atoms with Crippen LogP contribution in [-0.2, 0) is 22.6 Å². The maximum absolute atomic E-state index is 12.4. The Morgan fingerprint density at radius 1 is 1.08 bits per heavy atom. The maximum Gasteiger partial charge on any atom is 0.347 e. The van der Waals surface area contributed by atoms with E-state index in [2.05, 4.69) is 22.3 Å². The van der Waals surface area contributed by atoms with Crippen LogP contribution in [0, 0.1) is 0 Å². The Balaban J connectivity index is 1.24. The number of carbonyl (C=O) groups is 1. The van der Waals surface area contributed by atoms with E-state index in [-0.39, 0.29) is 12.0 Å². The molecule has 0 amide bonds. The second-order valence-electron chi connectivity index (χ2n) is 6.80. The summed E-state index contributed by atoms with van der Waals surface area (Å²) >= 11 is 5.93. The van der Waals surface area contributed by atoms with Gasteiger partial charge >= 0.3 is 5.97 Å². The number of hydroxylamine groups is 2. The lowest BCUT2D eigenvalue weighted by Gasteiger charge is -2.33. The predicted octanol–water partition coefficient (Wildman–Crippen LogP) is 2.95. The van der Waals surface area contributed by atoms with Crippen molar-refractivity contribution in [3.8, 4) is 0 Å². The van der Waals surface area contributed by atoms with Crippen LogP contribution in [0.2, 0.25) is 5.02 Å². The van der Waals surface area contributed by atoms with Crippen LogP contribution in [0.15, 0.2) is 48.5 Å². The highest BCUT2D eigenvalue weighted by Gasteiger charge is 2.30. The average molecular weight is 372 g/mol. The first kappa shape index (κ1) is 17.3. The van der Waals surface area contributed by atoms with E-state index in [1.807, 2.05) is 36.4 Å². The number of carbonyl (C=O) groups excluding carboxylic acids is 1. The number of halogens is 1. The molecule has 2 aromatic carbocycles. The number of fused-ring (bicyclic) bond motifs is 1. The molecule has 136 valence electrons. The summed E-state index contributed by atoms with van der Waals surface area (Å²) in [5.41, 5.74) is 3.44. The van der Waals surface area contributed by atoms with Crippen molar-refractivity contribution in [3.63, 3.8) is 0 Å². The monoisotopic (exact) mass is 371 g/mol. The second kappa shape index (κ2) is 7.66. The number of hydrogen-bond donors (Lipinski definition) is 1. The van der Waals surface area contributed by atoms with Crippen LogP contribution in [0.5, 0.6) is 0 Å². The molecule has 1 N–H and O–H groups in total. The molecule has 2 aromatic rings. The van der Waals surface area contributed by atoms with Gasteiger partial charge in [0, 0.05) is 49.9 Å². The van der Waals surface area contributed by atoms with Crippen molar-refractivity contribution >= 4 is 23.3 Å². The molecule has 1 atom stereocenters. The van der Waals surface area contributed by atoms with Crippen LogP contribution >= 0.6 is 11.6 Å². The summed E-state index contributed by atoms with van der Waals surface area (Å²) in [6.07, 6.45) is 0.686. The zero-order chi connectivity index (χ0) is 17.9. The summed E-state index contributed by atoms with van der Waals surface area (Å²) in [5, 5.41) is 5.79. The Morgan fingerprint density at radius 3 is 2.54 bits per heavy atom. The molecule has 0 aromatic heterocycles. The average Bonchev–Trinajstić information content (AvgIpc) is 3.10. The van der Waals surface area contributed by atoms with Crippen LogP contribution in [0.4, 0.5) is 5.69 Å².